The fourth-order valence-corrected chi connectivity index (χ4v) is 2.94. The van der Waals surface area contributed by atoms with E-state index in [-0.39, 0.29) is 18.0 Å². The predicted octanol–water partition coefficient (Wildman–Crippen LogP) is 4.42. The Morgan fingerprint density at radius 1 is 1.25 bits per heavy atom. The van der Waals surface area contributed by atoms with Crippen LogP contribution in [0.1, 0.15) is 35.3 Å². The van der Waals surface area contributed by atoms with E-state index in [0.29, 0.717) is 10.9 Å². The summed E-state index contributed by atoms with van der Waals surface area (Å²) < 4.78 is 19.8. The number of nitrogens with two attached hydrogens (primary N) is 1. The highest BCUT2D eigenvalue weighted by atomic mass is 79.9. The SMILES string of the molecule is Cc1ccc2c(c1)[C@@H](N)CC(c1ccc(F)c(Br)c1)O2. The molecule has 0 radical (unpaired) electrons. The summed E-state index contributed by atoms with van der Waals surface area (Å²) in [5, 5.41) is 0. The van der Waals surface area contributed by atoms with Gasteiger partial charge in [-0.25, -0.2) is 4.39 Å². The molecule has 0 saturated carbocycles. The van der Waals surface area contributed by atoms with Gasteiger partial charge in [0, 0.05) is 18.0 Å². The van der Waals surface area contributed by atoms with E-state index in [0.717, 1.165) is 16.9 Å². The van der Waals surface area contributed by atoms with Crippen LogP contribution < -0.4 is 10.5 Å². The van der Waals surface area contributed by atoms with Crippen molar-refractivity contribution in [2.24, 2.45) is 5.73 Å². The molecular formula is C16H15BrFNO. The number of rotatable bonds is 1. The molecule has 0 amide bonds. The molecule has 2 nitrogen and oxygen atoms in total. The topological polar surface area (TPSA) is 35.2 Å². The number of aryl methyl sites for hydroxylation is 1. The summed E-state index contributed by atoms with van der Waals surface area (Å²) in [6.45, 7) is 2.04. The summed E-state index contributed by atoms with van der Waals surface area (Å²) in [6.07, 6.45) is 0.547. The zero-order valence-corrected chi connectivity index (χ0v) is 12.7. The van der Waals surface area contributed by atoms with Crippen molar-refractivity contribution in [3.63, 3.8) is 0 Å². The van der Waals surface area contributed by atoms with Gasteiger partial charge < -0.3 is 10.5 Å². The lowest BCUT2D eigenvalue weighted by Crippen LogP contribution is -2.24. The molecule has 0 aliphatic carbocycles. The molecular weight excluding hydrogens is 321 g/mol. The molecule has 4 heteroatoms. The second kappa shape index (κ2) is 5.19. The molecule has 104 valence electrons. The molecule has 0 bridgehead atoms. The number of fused-ring (bicyclic) bond motifs is 1. The Morgan fingerprint density at radius 3 is 2.80 bits per heavy atom. The molecule has 0 saturated heterocycles. The van der Waals surface area contributed by atoms with Crippen molar-refractivity contribution in [1.29, 1.82) is 0 Å². The first kappa shape index (κ1) is 13.6. The van der Waals surface area contributed by atoms with E-state index >= 15 is 0 Å². The normalized spacial score (nSPS) is 21.2. The van der Waals surface area contributed by atoms with Gasteiger partial charge in [0.05, 0.1) is 4.47 Å². The highest BCUT2D eigenvalue weighted by Gasteiger charge is 2.27. The number of benzene rings is 2. The van der Waals surface area contributed by atoms with Gasteiger partial charge in [-0.05, 0) is 46.6 Å². The van der Waals surface area contributed by atoms with E-state index in [1.165, 1.54) is 11.6 Å². The predicted molar refractivity (Wildman–Crippen MR) is 80.2 cm³/mol. The molecule has 1 aliphatic rings. The van der Waals surface area contributed by atoms with Crippen molar-refractivity contribution in [3.8, 4) is 5.75 Å². The van der Waals surface area contributed by atoms with Crippen molar-refractivity contribution in [2.75, 3.05) is 0 Å². The van der Waals surface area contributed by atoms with Crippen LogP contribution in [-0.2, 0) is 0 Å². The summed E-state index contributed by atoms with van der Waals surface area (Å²) in [7, 11) is 0. The van der Waals surface area contributed by atoms with Gasteiger partial charge >= 0.3 is 0 Å². The van der Waals surface area contributed by atoms with Crippen molar-refractivity contribution in [2.45, 2.75) is 25.5 Å². The Balaban J connectivity index is 1.94. The lowest BCUT2D eigenvalue weighted by molar-refractivity contribution is 0.161. The summed E-state index contributed by atoms with van der Waals surface area (Å²) in [6, 6.07) is 10.9. The van der Waals surface area contributed by atoms with Gasteiger partial charge in [-0.1, -0.05) is 23.8 Å². The fourth-order valence-electron chi connectivity index (χ4n) is 2.54. The first-order valence-electron chi connectivity index (χ1n) is 6.52. The first-order valence-corrected chi connectivity index (χ1v) is 7.31. The van der Waals surface area contributed by atoms with E-state index in [9.17, 15) is 4.39 Å². The van der Waals surface area contributed by atoms with Crippen LogP contribution in [-0.4, -0.2) is 0 Å². The molecule has 3 rings (SSSR count). The van der Waals surface area contributed by atoms with E-state index in [2.05, 4.69) is 22.0 Å². The van der Waals surface area contributed by atoms with Crippen LogP contribution in [0.15, 0.2) is 40.9 Å². The van der Waals surface area contributed by atoms with Gasteiger partial charge in [0.1, 0.15) is 17.7 Å². The molecule has 1 aliphatic heterocycles. The minimum atomic E-state index is -0.273. The fraction of sp³-hybridized carbons (Fsp3) is 0.250. The molecule has 0 aromatic heterocycles. The van der Waals surface area contributed by atoms with Crippen molar-refractivity contribution < 1.29 is 9.13 Å². The first-order chi connectivity index (χ1) is 9.54. The van der Waals surface area contributed by atoms with E-state index in [1.54, 1.807) is 12.1 Å². The Labute approximate surface area is 125 Å². The van der Waals surface area contributed by atoms with Crippen molar-refractivity contribution in [3.05, 3.63) is 63.4 Å². The number of ether oxygens (including phenoxy) is 1. The van der Waals surface area contributed by atoms with E-state index in [4.69, 9.17) is 10.5 Å². The average Bonchev–Trinajstić information content (AvgIpc) is 2.42. The van der Waals surface area contributed by atoms with Crippen LogP contribution in [0.3, 0.4) is 0 Å². The largest absolute Gasteiger partial charge is 0.485 e. The van der Waals surface area contributed by atoms with Gasteiger partial charge in [-0.2, -0.15) is 0 Å². The quantitative estimate of drug-likeness (QED) is 0.837. The molecule has 20 heavy (non-hydrogen) atoms. The molecule has 2 N–H and O–H groups in total. The summed E-state index contributed by atoms with van der Waals surface area (Å²) in [4.78, 5) is 0. The Bertz CT molecular complexity index is 659. The standard InChI is InChI=1S/C16H15BrFNO/c1-9-2-5-15-11(6-9)14(19)8-16(20-15)10-3-4-13(18)12(17)7-10/h2-7,14,16H,8,19H2,1H3/t14-,16?/m0/s1. The summed E-state index contributed by atoms with van der Waals surface area (Å²) in [5.74, 6) is 0.546. The van der Waals surface area contributed by atoms with E-state index in [1.807, 2.05) is 19.1 Å². The molecule has 2 aromatic rings. The second-order valence-electron chi connectivity index (χ2n) is 5.16. The lowest BCUT2D eigenvalue weighted by atomic mass is 9.93. The van der Waals surface area contributed by atoms with Gasteiger partial charge in [0.15, 0.2) is 0 Å². The Morgan fingerprint density at radius 2 is 2.05 bits per heavy atom. The Kier molecular flexibility index (Phi) is 3.52. The lowest BCUT2D eigenvalue weighted by Gasteiger charge is -2.31. The smallest absolute Gasteiger partial charge is 0.137 e. The highest BCUT2D eigenvalue weighted by Crippen LogP contribution is 2.40. The van der Waals surface area contributed by atoms with Gasteiger partial charge in [0.25, 0.3) is 0 Å². The molecule has 0 spiro atoms. The van der Waals surface area contributed by atoms with Gasteiger partial charge in [-0.15, -0.1) is 0 Å². The highest BCUT2D eigenvalue weighted by molar-refractivity contribution is 9.10. The zero-order valence-electron chi connectivity index (χ0n) is 11.1. The van der Waals surface area contributed by atoms with Crippen LogP contribution >= 0.6 is 15.9 Å². The van der Waals surface area contributed by atoms with Crippen LogP contribution in [0.25, 0.3) is 0 Å². The molecule has 1 unspecified atom stereocenters. The number of halogens is 2. The van der Waals surface area contributed by atoms with Crippen molar-refractivity contribution in [1.82, 2.24) is 0 Å². The molecule has 0 fully saturated rings. The monoisotopic (exact) mass is 335 g/mol. The zero-order chi connectivity index (χ0) is 14.3. The maximum absolute atomic E-state index is 13.3. The Hall–Kier alpha value is -1.39. The number of hydrogen-bond acceptors (Lipinski definition) is 2. The maximum atomic E-state index is 13.3. The molecule has 1 heterocycles. The third kappa shape index (κ3) is 2.45. The number of hydrogen-bond donors (Lipinski definition) is 1. The third-order valence-electron chi connectivity index (χ3n) is 3.62. The molecule has 2 atom stereocenters. The molecule has 2 aromatic carbocycles. The van der Waals surface area contributed by atoms with Gasteiger partial charge in [0.2, 0.25) is 0 Å². The van der Waals surface area contributed by atoms with Gasteiger partial charge in [-0.3, -0.25) is 0 Å². The van der Waals surface area contributed by atoms with Crippen molar-refractivity contribution >= 4 is 15.9 Å². The second-order valence-corrected chi connectivity index (χ2v) is 6.02. The van der Waals surface area contributed by atoms with Crippen LogP contribution in [0.2, 0.25) is 0 Å². The van der Waals surface area contributed by atoms with Crippen LogP contribution in [0.4, 0.5) is 4.39 Å². The van der Waals surface area contributed by atoms with Crippen LogP contribution in [0, 0.1) is 12.7 Å². The maximum Gasteiger partial charge on any atom is 0.137 e. The van der Waals surface area contributed by atoms with E-state index < -0.39 is 0 Å². The summed E-state index contributed by atoms with van der Waals surface area (Å²) in [5.41, 5.74) is 9.39. The minimum Gasteiger partial charge on any atom is -0.485 e. The third-order valence-corrected chi connectivity index (χ3v) is 4.23. The summed E-state index contributed by atoms with van der Waals surface area (Å²) >= 11 is 3.21. The van der Waals surface area contributed by atoms with Crippen LogP contribution in [0.5, 0.6) is 5.75 Å². The minimum absolute atomic E-state index is 0.0625. The average molecular weight is 336 g/mol.